The van der Waals surface area contributed by atoms with Crippen LogP contribution in [0.3, 0.4) is 0 Å². The molecule has 0 spiro atoms. The second-order valence-corrected chi connectivity index (χ2v) is 10.5. The van der Waals surface area contributed by atoms with Crippen molar-refractivity contribution in [3.05, 3.63) is 94.0 Å². The number of fused-ring (bicyclic) bond motifs is 1. The highest BCUT2D eigenvalue weighted by atomic mass is 32.2. The van der Waals surface area contributed by atoms with Crippen LogP contribution in [-0.2, 0) is 21.1 Å². The lowest BCUT2D eigenvalue weighted by Gasteiger charge is -2.48. The third-order valence-electron chi connectivity index (χ3n) is 7.13. The van der Waals surface area contributed by atoms with Crippen LogP contribution in [0, 0.1) is 18.8 Å². The van der Waals surface area contributed by atoms with Crippen molar-refractivity contribution in [3.63, 3.8) is 0 Å². The maximum absolute atomic E-state index is 13.6. The van der Waals surface area contributed by atoms with E-state index in [0.717, 1.165) is 22.3 Å². The van der Waals surface area contributed by atoms with Gasteiger partial charge in [0, 0.05) is 11.8 Å². The number of carbonyl (C=O) groups is 1. The average molecular weight is 503 g/mol. The molecule has 6 rings (SSSR count). The summed E-state index contributed by atoms with van der Waals surface area (Å²) in [6, 6.07) is 16.8. The number of hydrogen-bond acceptors (Lipinski definition) is 4. The topological polar surface area (TPSA) is 80.7 Å². The van der Waals surface area contributed by atoms with Gasteiger partial charge in [-0.05, 0) is 52.8 Å². The predicted octanol–water partition coefficient (Wildman–Crippen LogP) is 5.71. The largest absolute Gasteiger partial charge is 0.426 e. The first-order chi connectivity index (χ1) is 16.4. The Hall–Kier alpha value is -3.17. The molecule has 182 valence electrons. The monoisotopic (exact) mass is 502 g/mol. The molecule has 0 aromatic heterocycles. The molecule has 0 amide bonds. The lowest BCUT2D eigenvalue weighted by Crippen LogP contribution is -2.44. The Morgan fingerprint density at radius 1 is 0.914 bits per heavy atom. The average Bonchev–Trinajstić information content (AvgIpc) is 2.78. The molecule has 35 heavy (non-hydrogen) atoms. The molecule has 0 radical (unpaired) electrons. The van der Waals surface area contributed by atoms with E-state index in [9.17, 15) is 30.9 Å². The molecule has 0 aliphatic heterocycles. The van der Waals surface area contributed by atoms with Crippen molar-refractivity contribution in [2.24, 2.45) is 11.8 Å². The van der Waals surface area contributed by atoms with Crippen molar-refractivity contribution >= 4 is 16.1 Å². The first-order valence-corrected chi connectivity index (χ1v) is 12.4. The van der Waals surface area contributed by atoms with E-state index in [4.69, 9.17) is 4.74 Å². The first kappa shape index (κ1) is 23.6. The van der Waals surface area contributed by atoms with Crippen LogP contribution >= 0.6 is 0 Å². The standard InChI is InChI=1S/C26H21F3O5S/c1-13-11-21(35(31,32)33)19(26(27,28)29)12-20(13)34-25(30)23-14(2)22-15-7-3-5-9-17(15)24(23)18-10-6-4-8-16(18)22/h3-12,14,22-24H,1-2H3,(H,31,32,33). The van der Waals surface area contributed by atoms with Gasteiger partial charge in [0.25, 0.3) is 10.1 Å². The van der Waals surface area contributed by atoms with Gasteiger partial charge in [-0.25, -0.2) is 0 Å². The summed E-state index contributed by atoms with van der Waals surface area (Å²) in [4.78, 5) is 12.2. The Bertz CT molecular complexity index is 1410. The summed E-state index contributed by atoms with van der Waals surface area (Å²) in [5.74, 6) is -2.32. The smallest absolute Gasteiger partial charge is 0.417 e. The molecule has 2 unspecified atom stereocenters. The number of aryl methyl sites for hydroxylation is 1. The molecule has 0 fully saturated rings. The number of hydrogen-bond donors (Lipinski definition) is 1. The van der Waals surface area contributed by atoms with Gasteiger partial charge in [-0.3, -0.25) is 9.35 Å². The summed E-state index contributed by atoms with van der Waals surface area (Å²) in [5, 5.41) is 0. The molecule has 3 aromatic carbocycles. The maximum atomic E-state index is 13.6. The molecule has 9 heteroatoms. The van der Waals surface area contributed by atoms with E-state index in [-0.39, 0.29) is 23.3 Å². The summed E-state index contributed by atoms with van der Waals surface area (Å²) in [7, 11) is -5.15. The number of halogens is 3. The zero-order chi connectivity index (χ0) is 25.3. The minimum absolute atomic E-state index is 0.0200. The zero-order valence-corrected chi connectivity index (χ0v) is 19.5. The Kier molecular flexibility index (Phi) is 5.34. The van der Waals surface area contributed by atoms with Crippen molar-refractivity contribution in [3.8, 4) is 5.75 Å². The quantitative estimate of drug-likeness (QED) is 0.282. The van der Waals surface area contributed by atoms with Crippen LogP contribution in [0.2, 0.25) is 0 Å². The van der Waals surface area contributed by atoms with Crippen molar-refractivity contribution in [1.82, 2.24) is 0 Å². The minimum atomic E-state index is -5.15. The predicted molar refractivity (Wildman–Crippen MR) is 121 cm³/mol. The van der Waals surface area contributed by atoms with Crippen LogP contribution in [0.15, 0.2) is 65.6 Å². The molecule has 2 atom stereocenters. The molecular formula is C26H21F3O5S. The lowest BCUT2D eigenvalue weighted by molar-refractivity contribution is -0.144. The molecule has 0 saturated carbocycles. The van der Waals surface area contributed by atoms with E-state index in [2.05, 4.69) is 0 Å². The molecule has 3 aliphatic carbocycles. The van der Waals surface area contributed by atoms with Gasteiger partial charge in [0.2, 0.25) is 0 Å². The van der Waals surface area contributed by atoms with Gasteiger partial charge in [-0.15, -0.1) is 0 Å². The van der Waals surface area contributed by atoms with Crippen molar-refractivity contribution in [2.75, 3.05) is 0 Å². The Balaban J connectivity index is 1.58. The minimum Gasteiger partial charge on any atom is -0.426 e. The van der Waals surface area contributed by atoms with Gasteiger partial charge in [0.1, 0.15) is 10.6 Å². The highest BCUT2D eigenvalue weighted by Gasteiger charge is 2.51. The van der Waals surface area contributed by atoms with Crippen LogP contribution in [0.25, 0.3) is 0 Å². The third kappa shape index (κ3) is 3.73. The fraction of sp³-hybridized carbons (Fsp3) is 0.269. The normalized spacial score (nSPS) is 22.9. The number of esters is 1. The first-order valence-electron chi connectivity index (χ1n) is 11.0. The third-order valence-corrected chi connectivity index (χ3v) is 8.02. The van der Waals surface area contributed by atoms with E-state index in [0.29, 0.717) is 12.1 Å². The van der Waals surface area contributed by atoms with Gasteiger partial charge >= 0.3 is 12.1 Å². The summed E-state index contributed by atoms with van der Waals surface area (Å²) >= 11 is 0. The molecule has 1 N–H and O–H groups in total. The zero-order valence-electron chi connectivity index (χ0n) is 18.7. The van der Waals surface area contributed by atoms with Crippen molar-refractivity contribution in [2.45, 2.75) is 36.8 Å². The summed E-state index contributed by atoms with van der Waals surface area (Å²) < 4.78 is 78.7. The summed E-state index contributed by atoms with van der Waals surface area (Å²) in [5.41, 5.74) is 2.62. The van der Waals surface area contributed by atoms with E-state index >= 15 is 0 Å². The Morgan fingerprint density at radius 3 is 1.86 bits per heavy atom. The number of benzene rings is 3. The van der Waals surface area contributed by atoms with Crippen molar-refractivity contribution < 1.29 is 35.7 Å². The van der Waals surface area contributed by atoms with Gasteiger partial charge in [0.15, 0.2) is 0 Å². The van der Waals surface area contributed by atoms with E-state index in [1.807, 2.05) is 55.5 Å². The van der Waals surface area contributed by atoms with Gasteiger partial charge in [0.05, 0.1) is 11.5 Å². The van der Waals surface area contributed by atoms with E-state index in [1.165, 1.54) is 6.92 Å². The number of alkyl halides is 3. The van der Waals surface area contributed by atoms with Crippen LogP contribution in [0.4, 0.5) is 13.2 Å². The number of ether oxygens (including phenoxy) is 1. The molecule has 0 heterocycles. The van der Waals surface area contributed by atoms with Gasteiger partial charge in [-0.2, -0.15) is 21.6 Å². The Labute approximate surface area is 200 Å². The van der Waals surface area contributed by atoms with Crippen LogP contribution in [-0.4, -0.2) is 18.9 Å². The van der Waals surface area contributed by atoms with Gasteiger partial charge in [-0.1, -0.05) is 55.5 Å². The molecule has 2 bridgehead atoms. The molecular weight excluding hydrogens is 481 g/mol. The highest BCUT2D eigenvalue weighted by Crippen LogP contribution is 2.58. The van der Waals surface area contributed by atoms with Crippen molar-refractivity contribution in [1.29, 1.82) is 0 Å². The van der Waals surface area contributed by atoms with Gasteiger partial charge < -0.3 is 4.74 Å². The summed E-state index contributed by atoms with van der Waals surface area (Å²) in [6.07, 6.45) is -5.09. The second-order valence-electron chi connectivity index (χ2n) is 9.11. The summed E-state index contributed by atoms with van der Waals surface area (Å²) in [6.45, 7) is 3.25. The fourth-order valence-electron chi connectivity index (χ4n) is 5.69. The molecule has 3 aromatic rings. The highest BCUT2D eigenvalue weighted by molar-refractivity contribution is 7.85. The van der Waals surface area contributed by atoms with Crippen LogP contribution in [0.5, 0.6) is 5.75 Å². The maximum Gasteiger partial charge on any atom is 0.417 e. The lowest BCUT2D eigenvalue weighted by atomic mass is 9.54. The number of rotatable bonds is 3. The molecule has 5 nitrogen and oxygen atoms in total. The molecule has 0 saturated heterocycles. The van der Waals surface area contributed by atoms with Crippen LogP contribution < -0.4 is 4.74 Å². The Morgan fingerprint density at radius 2 is 1.40 bits per heavy atom. The second kappa shape index (κ2) is 7.93. The SMILES string of the molecule is Cc1cc(S(=O)(=O)O)c(C(F)(F)F)cc1OC(=O)C1C2c3ccccc3C(c3ccccc32)C1C. The van der Waals surface area contributed by atoms with E-state index < -0.39 is 44.4 Å². The van der Waals surface area contributed by atoms with Crippen LogP contribution in [0.1, 0.15) is 52.1 Å². The van der Waals surface area contributed by atoms with E-state index in [1.54, 1.807) is 0 Å². The molecule has 3 aliphatic rings. The fourth-order valence-corrected chi connectivity index (χ4v) is 6.47. The number of carbonyl (C=O) groups excluding carboxylic acids is 1.